The smallest absolute Gasteiger partial charge is 0.257 e. The minimum Gasteiger partial charge on any atom is -0.321 e. The second kappa shape index (κ2) is 5.89. The lowest BCUT2D eigenvalue weighted by Gasteiger charge is -2.13. The number of hydrogen-bond acceptors (Lipinski definition) is 4. The molecule has 1 N–H and O–H groups in total. The third-order valence-electron chi connectivity index (χ3n) is 3.57. The summed E-state index contributed by atoms with van der Waals surface area (Å²) in [6.45, 7) is 4.05. The highest BCUT2D eigenvalue weighted by Gasteiger charge is 2.12. The van der Waals surface area contributed by atoms with E-state index in [2.05, 4.69) is 27.2 Å². The molecular weight excluding hydrogens is 276 g/mol. The van der Waals surface area contributed by atoms with Gasteiger partial charge >= 0.3 is 0 Å². The first-order valence-corrected chi connectivity index (χ1v) is 7.15. The Balaban J connectivity index is 1.93. The summed E-state index contributed by atoms with van der Waals surface area (Å²) in [7, 11) is 0. The molecule has 0 bridgehead atoms. The van der Waals surface area contributed by atoms with Gasteiger partial charge in [0.25, 0.3) is 5.91 Å². The molecule has 0 saturated heterocycles. The topological polar surface area (TPSA) is 67.8 Å². The number of carbonyl (C=O) groups is 1. The lowest BCUT2D eigenvalue weighted by Crippen LogP contribution is -2.14. The molecule has 5 nitrogen and oxygen atoms in total. The van der Waals surface area contributed by atoms with Gasteiger partial charge in [0.1, 0.15) is 5.52 Å². The molecule has 0 unspecified atom stereocenters. The lowest BCUT2D eigenvalue weighted by atomic mass is 10.1. The van der Waals surface area contributed by atoms with Gasteiger partial charge in [0.2, 0.25) is 0 Å². The third-order valence-corrected chi connectivity index (χ3v) is 3.57. The molecule has 3 rings (SSSR count). The molecule has 0 spiro atoms. The van der Waals surface area contributed by atoms with Crippen molar-refractivity contribution in [3.63, 3.8) is 0 Å². The maximum Gasteiger partial charge on any atom is 0.257 e. The van der Waals surface area contributed by atoms with Crippen LogP contribution >= 0.6 is 0 Å². The Hall–Kier alpha value is -2.82. The van der Waals surface area contributed by atoms with E-state index in [0.29, 0.717) is 16.7 Å². The van der Waals surface area contributed by atoms with Crippen molar-refractivity contribution in [1.82, 2.24) is 15.0 Å². The maximum atomic E-state index is 12.5. The molecule has 0 aliphatic carbocycles. The Kier molecular flexibility index (Phi) is 3.78. The van der Waals surface area contributed by atoms with Crippen LogP contribution in [0.2, 0.25) is 0 Å². The number of benzene rings is 1. The van der Waals surface area contributed by atoms with Gasteiger partial charge < -0.3 is 5.32 Å². The molecule has 1 aromatic carbocycles. The molecule has 0 atom stereocenters. The Labute approximate surface area is 128 Å². The van der Waals surface area contributed by atoms with E-state index in [-0.39, 0.29) is 5.91 Å². The van der Waals surface area contributed by atoms with E-state index in [1.807, 2.05) is 25.1 Å². The van der Waals surface area contributed by atoms with Crippen molar-refractivity contribution in [3.8, 4) is 0 Å². The minimum atomic E-state index is -0.191. The highest BCUT2D eigenvalue weighted by Crippen LogP contribution is 2.22. The second-order valence-electron chi connectivity index (χ2n) is 5.04. The van der Waals surface area contributed by atoms with Gasteiger partial charge in [-0.25, -0.2) is 9.97 Å². The summed E-state index contributed by atoms with van der Waals surface area (Å²) in [5.74, 6) is -0.191. The fourth-order valence-electron chi connectivity index (χ4n) is 2.37. The van der Waals surface area contributed by atoms with Crippen LogP contribution in [-0.2, 0) is 6.42 Å². The zero-order valence-corrected chi connectivity index (χ0v) is 12.5. The number of pyridine rings is 1. The number of rotatable bonds is 3. The molecule has 22 heavy (non-hydrogen) atoms. The van der Waals surface area contributed by atoms with Crippen LogP contribution in [-0.4, -0.2) is 20.9 Å². The molecular formula is C17H16N4O. The molecule has 1 amide bonds. The molecule has 5 heteroatoms. The number of anilines is 1. The van der Waals surface area contributed by atoms with Crippen LogP contribution < -0.4 is 5.32 Å². The van der Waals surface area contributed by atoms with Gasteiger partial charge in [0.15, 0.2) is 5.65 Å². The Morgan fingerprint density at radius 3 is 2.82 bits per heavy atom. The summed E-state index contributed by atoms with van der Waals surface area (Å²) in [6.07, 6.45) is 5.55. The van der Waals surface area contributed by atoms with Crippen LogP contribution in [0.25, 0.3) is 11.2 Å². The van der Waals surface area contributed by atoms with E-state index in [9.17, 15) is 4.79 Å². The highest BCUT2D eigenvalue weighted by molar-refractivity contribution is 6.06. The van der Waals surface area contributed by atoms with Crippen LogP contribution in [0.1, 0.15) is 28.4 Å². The fourth-order valence-corrected chi connectivity index (χ4v) is 2.37. The predicted molar refractivity (Wildman–Crippen MR) is 85.8 cm³/mol. The number of hydrogen-bond donors (Lipinski definition) is 1. The normalized spacial score (nSPS) is 10.6. The molecule has 0 aliphatic rings. The number of aryl methyl sites for hydroxylation is 2. The van der Waals surface area contributed by atoms with E-state index in [1.165, 1.54) is 6.20 Å². The summed E-state index contributed by atoms with van der Waals surface area (Å²) >= 11 is 0. The zero-order valence-electron chi connectivity index (χ0n) is 12.5. The molecule has 0 fully saturated rings. The van der Waals surface area contributed by atoms with E-state index in [0.717, 1.165) is 23.2 Å². The molecule has 3 aromatic rings. The largest absolute Gasteiger partial charge is 0.321 e. The summed E-state index contributed by atoms with van der Waals surface area (Å²) in [4.78, 5) is 24.9. The van der Waals surface area contributed by atoms with Gasteiger partial charge in [0, 0.05) is 24.3 Å². The van der Waals surface area contributed by atoms with Crippen molar-refractivity contribution >= 4 is 22.8 Å². The highest BCUT2D eigenvalue weighted by atomic mass is 16.1. The monoisotopic (exact) mass is 292 g/mol. The quantitative estimate of drug-likeness (QED) is 0.805. The predicted octanol–water partition coefficient (Wildman–Crippen LogP) is 3.15. The maximum absolute atomic E-state index is 12.5. The second-order valence-corrected chi connectivity index (χ2v) is 5.04. The van der Waals surface area contributed by atoms with Crippen LogP contribution in [0.5, 0.6) is 0 Å². The molecule has 2 heterocycles. The van der Waals surface area contributed by atoms with Gasteiger partial charge in [-0.1, -0.05) is 25.1 Å². The number of nitrogens with zero attached hydrogens (tertiary/aromatic N) is 3. The van der Waals surface area contributed by atoms with E-state index in [1.54, 1.807) is 18.5 Å². The van der Waals surface area contributed by atoms with Gasteiger partial charge in [0.05, 0.1) is 5.56 Å². The van der Waals surface area contributed by atoms with Crippen molar-refractivity contribution in [1.29, 1.82) is 0 Å². The lowest BCUT2D eigenvalue weighted by molar-refractivity contribution is 0.102. The summed E-state index contributed by atoms with van der Waals surface area (Å²) in [5, 5.41) is 2.98. The number of aromatic nitrogens is 3. The fraction of sp³-hybridized carbons (Fsp3) is 0.176. The van der Waals surface area contributed by atoms with E-state index in [4.69, 9.17) is 0 Å². The first kappa shape index (κ1) is 14.1. The molecule has 0 saturated carbocycles. The van der Waals surface area contributed by atoms with Gasteiger partial charge in [-0.3, -0.25) is 9.78 Å². The Morgan fingerprint density at radius 2 is 2.00 bits per heavy atom. The standard InChI is InChI=1S/C17H16N4O/c1-3-12-6-4-5-11(2)15(12)21-17(22)13-9-14-16(20-10-13)19-8-7-18-14/h4-10H,3H2,1-2H3,(H,21,22). The first-order chi connectivity index (χ1) is 10.7. The number of para-hydroxylation sites is 1. The van der Waals surface area contributed by atoms with Crippen LogP contribution in [0, 0.1) is 6.92 Å². The minimum absolute atomic E-state index is 0.191. The number of carbonyl (C=O) groups excluding carboxylic acids is 1. The summed E-state index contributed by atoms with van der Waals surface area (Å²) in [5.41, 5.74) is 4.63. The Bertz CT molecular complexity index is 845. The molecule has 0 aliphatic heterocycles. The van der Waals surface area contributed by atoms with Crippen LogP contribution in [0.3, 0.4) is 0 Å². The van der Waals surface area contributed by atoms with Crippen LogP contribution in [0.4, 0.5) is 5.69 Å². The van der Waals surface area contributed by atoms with Crippen molar-refractivity contribution < 1.29 is 4.79 Å². The van der Waals surface area contributed by atoms with Crippen molar-refractivity contribution in [3.05, 3.63) is 59.5 Å². The van der Waals surface area contributed by atoms with Crippen molar-refractivity contribution in [2.75, 3.05) is 5.32 Å². The molecule has 0 radical (unpaired) electrons. The molecule has 110 valence electrons. The summed E-state index contributed by atoms with van der Waals surface area (Å²) < 4.78 is 0. The van der Waals surface area contributed by atoms with Crippen molar-refractivity contribution in [2.24, 2.45) is 0 Å². The average Bonchev–Trinajstić information content (AvgIpc) is 2.56. The number of amides is 1. The van der Waals surface area contributed by atoms with Gasteiger partial charge in [-0.05, 0) is 30.5 Å². The zero-order chi connectivity index (χ0) is 15.5. The molecule has 2 aromatic heterocycles. The van der Waals surface area contributed by atoms with E-state index >= 15 is 0 Å². The first-order valence-electron chi connectivity index (χ1n) is 7.15. The van der Waals surface area contributed by atoms with Gasteiger partial charge in [-0.2, -0.15) is 0 Å². The SMILES string of the molecule is CCc1cccc(C)c1NC(=O)c1cnc2nccnc2c1. The van der Waals surface area contributed by atoms with E-state index < -0.39 is 0 Å². The van der Waals surface area contributed by atoms with Gasteiger partial charge in [-0.15, -0.1) is 0 Å². The number of nitrogens with one attached hydrogen (secondary N) is 1. The third kappa shape index (κ3) is 2.65. The van der Waals surface area contributed by atoms with Crippen LogP contribution in [0.15, 0.2) is 42.9 Å². The average molecular weight is 292 g/mol. The summed E-state index contributed by atoms with van der Waals surface area (Å²) in [6, 6.07) is 7.71. The number of fused-ring (bicyclic) bond motifs is 1. The Morgan fingerprint density at radius 1 is 1.18 bits per heavy atom. The van der Waals surface area contributed by atoms with Crippen molar-refractivity contribution in [2.45, 2.75) is 20.3 Å².